The highest BCUT2D eigenvalue weighted by Crippen LogP contribution is 2.19. The van der Waals surface area contributed by atoms with Gasteiger partial charge in [-0.1, -0.05) is 25.1 Å². The van der Waals surface area contributed by atoms with E-state index in [1.807, 2.05) is 25.1 Å². The summed E-state index contributed by atoms with van der Waals surface area (Å²) in [6, 6.07) is 9.72. The zero-order chi connectivity index (χ0) is 17.6. The molecule has 6 heteroatoms. The minimum Gasteiger partial charge on any atom is -0.376 e. The predicted octanol–water partition coefficient (Wildman–Crippen LogP) is 3.00. The first kappa shape index (κ1) is 17.4. The fourth-order valence-corrected chi connectivity index (χ4v) is 2.91. The van der Waals surface area contributed by atoms with Gasteiger partial charge < -0.3 is 15.4 Å². The minimum atomic E-state index is -0.201. The van der Waals surface area contributed by atoms with Crippen LogP contribution in [0.3, 0.4) is 0 Å². The molecule has 25 heavy (non-hydrogen) atoms. The molecule has 1 fully saturated rings. The molecule has 3 rings (SSSR count). The summed E-state index contributed by atoms with van der Waals surface area (Å²) >= 11 is 0. The molecule has 1 saturated heterocycles. The van der Waals surface area contributed by atoms with Crippen LogP contribution in [0.5, 0.6) is 0 Å². The fourth-order valence-electron chi connectivity index (χ4n) is 2.91. The Kier molecular flexibility index (Phi) is 5.60. The smallest absolute Gasteiger partial charge is 0.270 e. The van der Waals surface area contributed by atoms with E-state index in [1.165, 1.54) is 5.56 Å². The third-order valence-corrected chi connectivity index (χ3v) is 4.25. The lowest BCUT2D eigenvalue weighted by molar-refractivity contribution is 0.0853. The molecule has 0 saturated carbocycles. The van der Waals surface area contributed by atoms with Crippen molar-refractivity contribution in [1.82, 2.24) is 15.3 Å². The molecular weight excluding hydrogens is 316 g/mol. The Morgan fingerprint density at radius 3 is 2.92 bits per heavy atom. The summed E-state index contributed by atoms with van der Waals surface area (Å²) in [7, 11) is 0. The number of anilines is 2. The average Bonchev–Trinajstić information content (AvgIpc) is 3.13. The van der Waals surface area contributed by atoms with Gasteiger partial charge in [0.25, 0.3) is 5.91 Å². The molecule has 1 aromatic heterocycles. The van der Waals surface area contributed by atoms with E-state index in [9.17, 15) is 4.79 Å². The second kappa shape index (κ2) is 8.07. The predicted molar refractivity (Wildman–Crippen MR) is 97.2 cm³/mol. The summed E-state index contributed by atoms with van der Waals surface area (Å²) in [6.45, 7) is 5.25. The molecule has 0 radical (unpaired) electrons. The summed E-state index contributed by atoms with van der Waals surface area (Å²) in [4.78, 5) is 21.2. The second-order valence-electron chi connectivity index (χ2n) is 6.20. The van der Waals surface area contributed by atoms with E-state index >= 15 is 0 Å². The number of para-hydroxylation sites is 1. The van der Waals surface area contributed by atoms with Gasteiger partial charge in [0.05, 0.1) is 6.10 Å². The Hall–Kier alpha value is -2.47. The molecular formula is C19H24N4O2. The number of carbonyl (C=O) groups is 1. The lowest BCUT2D eigenvalue weighted by Gasteiger charge is -2.13. The van der Waals surface area contributed by atoms with Crippen molar-refractivity contribution in [2.45, 2.75) is 39.2 Å². The Bertz CT molecular complexity index is 742. The van der Waals surface area contributed by atoms with Gasteiger partial charge in [-0.2, -0.15) is 0 Å². The van der Waals surface area contributed by atoms with Crippen molar-refractivity contribution < 1.29 is 9.53 Å². The minimum absolute atomic E-state index is 0.112. The summed E-state index contributed by atoms with van der Waals surface area (Å²) < 4.78 is 5.53. The number of rotatable bonds is 6. The molecule has 2 N–H and O–H groups in total. The summed E-state index contributed by atoms with van der Waals surface area (Å²) in [5.74, 6) is 0.232. The number of aryl methyl sites for hydroxylation is 2. The first-order valence-corrected chi connectivity index (χ1v) is 8.76. The molecule has 2 heterocycles. The van der Waals surface area contributed by atoms with Gasteiger partial charge in [0.2, 0.25) is 5.95 Å². The summed E-state index contributed by atoms with van der Waals surface area (Å²) in [5.41, 5.74) is 3.24. The van der Waals surface area contributed by atoms with Gasteiger partial charge in [-0.25, -0.2) is 9.97 Å². The Morgan fingerprint density at radius 1 is 1.32 bits per heavy atom. The number of hydrogen-bond acceptors (Lipinski definition) is 5. The third-order valence-electron chi connectivity index (χ3n) is 4.25. The van der Waals surface area contributed by atoms with Crippen molar-refractivity contribution in [1.29, 1.82) is 0 Å². The molecule has 0 bridgehead atoms. The highest BCUT2D eigenvalue weighted by molar-refractivity contribution is 5.92. The maximum atomic E-state index is 12.4. The number of amides is 1. The highest BCUT2D eigenvalue weighted by Gasteiger charge is 2.18. The molecule has 1 aliphatic rings. The van der Waals surface area contributed by atoms with Gasteiger partial charge in [-0.05, 0) is 43.9 Å². The lowest BCUT2D eigenvalue weighted by atomic mass is 10.1. The maximum absolute atomic E-state index is 12.4. The Morgan fingerprint density at radius 2 is 2.16 bits per heavy atom. The molecule has 1 aromatic carbocycles. The molecule has 0 spiro atoms. The van der Waals surface area contributed by atoms with E-state index in [2.05, 4.69) is 33.6 Å². The van der Waals surface area contributed by atoms with Crippen LogP contribution >= 0.6 is 0 Å². The van der Waals surface area contributed by atoms with Gasteiger partial charge in [0.1, 0.15) is 5.69 Å². The van der Waals surface area contributed by atoms with E-state index in [1.54, 1.807) is 6.07 Å². The topological polar surface area (TPSA) is 76.1 Å². The Balaban J connectivity index is 1.72. The molecule has 1 atom stereocenters. The SMILES string of the molecule is CCc1ccccc1Nc1nc(C)cc(C(=O)NCC2CCCO2)n1. The number of carbonyl (C=O) groups excluding carboxylic acids is 1. The normalized spacial score (nSPS) is 16.6. The van der Waals surface area contributed by atoms with Crippen LogP contribution in [0.1, 0.15) is 41.5 Å². The van der Waals surface area contributed by atoms with Crippen molar-refractivity contribution in [3.05, 3.63) is 47.3 Å². The quantitative estimate of drug-likeness (QED) is 0.845. The van der Waals surface area contributed by atoms with Crippen LogP contribution in [-0.2, 0) is 11.2 Å². The van der Waals surface area contributed by atoms with Crippen LogP contribution in [0, 0.1) is 6.92 Å². The van der Waals surface area contributed by atoms with E-state index in [4.69, 9.17) is 4.74 Å². The monoisotopic (exact) mass is 340 g/mol. The second-order valence-corrected chi connectivity index (χ2v) is 6.20. The molecule has 132 valence electrons. The fraction of sp³-hybridized carbons (Fsp3) is 0.421. The molecule has 6 nitrogen and oxygen atoms in total. The summed E-state index contributed by atoms with van der Waals surface area (Å²) in [5, 5.41) is 6.13. The van der Waals surface area contributed by atoms with Gasteiger partial charge >= 0.3 is 0 Å². The molecule has 1 amide bonds. The average molecular weight is 340 g/mol. The lowest BCUT2D eigenvalue weighted by Crippen LogP contribution is -2.32. The number of aromatic nitrogens is 2. The third kappa shape index (κ3) is 4.54. The molecule has 1 aliphatic heterocycles. The van der Waals surface area contributed by atoms with Crippen LogP contribution in [0.25, 0.3) is 0 Å². The number of nitrogens with one attached hydrogen (secondary N) is 2. The van der Waals surface area contributed by atoms with Crippen LogP contribution < -0.4 is 10.6 Å². The van der Waals surface area contributed by atoms with E-state index < -0.39 is 0 Å². The summed E-state index contributed by atoms with van der Waals surface area (Å²) in [6.07, 6.45) is 3.06. The standard InChI is InChI=1S/C19H24N4O2/c1-3-14-7-4-5-9-16(14)22-19-21-13(2)11-17(23-19)18(24)20-12-15-8-6-10-25-15/h4-5,7,9,11,15H,3,6,8,10,12H2,1-2H3,(H,20,24)(H,21,22,23). The number of nitrogens with zero attached hydrogens (tertiary/aromatic N) is 2. The van der Waals surface area contributed by atoms with Crippen molar-refractivity contribution >= 4 is 17.5 Å². The van der Waals surface area contributed by atoms with Gasteiger partial charge in [0, 0.05) is 24.5 Å². The van der Waals surface area contributed by atoms with Crippen molar-refractivity contribution in [3.8, 4) is 0 Å². The highest BCUT2D eigenvalue weighted by atomic mass is 16.5. The maximum Gasteiger partial charge on any atom is 0.270 e. The molecule has 1 unspecified atom stereocenters. The number of ether oxygens (including phenoxy) is 1. The van der Waals surface area contributed by atoms with Crippen LogP contribution in [0.15, 0.2) is 30.3 Å². The van der Waals surface area contributed by atoms with Gasteiger partial charge in [-0.3, -0.25) is 4.79 Å². The van der Waals surface area contributed by atoms with Crippen LogP contribution in [0.2, 0.25) is 0 Å². The van der Waals surface area contributed by atoms with Gasteiger partial charge in [0.15, 0.2) is 0 Å². The Labute approximate surface area is 148 Å². The van der Waals surface area contributed by atoms with Gasteiger partial charge in [-0.15, -0.1) is 0 Å². The van der Waals surface area contributed by atoms with Crippen molar-refractivity contribution in [2.75, 3.05) is 18.5 Å². The number of hydrogen-bond donors (Lipinski definition) is 2. The zero-order valence-corrected chi connectivity index (χ0v) is 14.7. The zero-order valence-electron chi connectivity index (χ0n) is 14.7. The first-order valence-electron chi connectivity index (χ1n) is 8.76. The van der Waals surface area contributed by atoms with Crippen molar-refractivity contribution in [3.63, 3.8) is 0 Å². The molecule has 2 aromatic rings. The molecule has 0 aliphatic carbocycles. The van der Waals surface area contributed by atoms with E-state index in [0.717, 1.165) is 37.3 Å². The largest absolute Gasteiger partial charge is 0.376 e. The van der Waals surface area contributed by atoms with Crippen LogP contribution in [-0.4, -0.2) is 35.1 Å². The van der Waals surface area contributed by atoms with Crippen LogP contribution in [0.4, 0.5) is 11.6 Å². The number of benzene rings is 1. The van der Waals surface area contributed by atoms with Crippen molar-refractivity contribution in [2.24, 2.45) is 0 Å². The van der Waals surface area contributed by atoms with E-state index in [-0.39, 0.29) is 12.0 Å². The first-order chi connectivity index (χ1) is 12.2. The van der Waals surface area contributed by atoms with E-state index in [0.29, 0.717) is 18.2 Å².